The largest absolute Gasteiger partial charge is 0.332 e. The molecular formula is C37H45N3O3. The Morgan fingerprint density at radius 1 is 0.907 bits per heavy atom. The van der Waals surface area contributed by atoms with Crippen LogP contribution in [-0.4, -0.2) is 23.1 Å². The molecule has 6 nitrogen and oxygen atoms in total. The van der Waals surface area contributed by atoms with Crippen LogP contribution in [0.15, 0.2) is 53.8 Å². The number of rotatable bonds is 2. The van der Waals surface area contributed by atoms with Crippen LogP contribution >= 0.6 is 0 Å². The number of hydrogen-bond donors (Lipinski definition) is 2. The number of hydrogen-bond acceptors (Lipinski definition) is 3. The monoisotopic (exact) mass is 579 g/mol. The van der Waals surface area contributed by atoms with Gasteiger partial charge in [-0.25, -0.2) is 9.64 Å². The second-order valence-corrected chi connectivity index (χ2v) is 15.9. The molecule has 0 aromatic heterocycles. The van der Waals surface area contributed by atoms with E-state index in [2.05, 4.69) is 50.1 Å². The number of para-hydroxylation sites is 1. The normalized spacial score (nSPS) is 38.2. The van der Waals surface area contributed by atoms with Gasteiger partial charge in [0.15, 0.2) is 11.6 Å². The molecular weight excluding hydrogens is 534 g/mol. The minimum Gasteiger partial charge on any atom is -0.332 e. The molecule has 5 aliphatic rings. The molecule has 0 heterocycles. The highest BCUT2D eigenvalue weighted by atomic mass is 16.2. The van der Waals surface area contributed by atoms with Gasteiger partial charge in [0.2, 0.25) is 5.70 Å². The van der Waals surface area contributed by atoms with Gasteiger partial charge in [-0.05, 0) is 85.3 Å². The summed E-state index contributed by atoms with van der Waals surface area (Å²) in [4.78, 5) is 45.0. The lowest BCUT2D eigenvalue weighted by Crippen LogP contribution is -2.68. The molecule has 0 saturated heterocycles. The highest BCUT2D eigenvalue weighted by Gasteiger charge is 2.70. The third-order valence-electron chi connectivity index (χ3n) is 12.6. The maximum Gasteiger partial charge on any atom is 0.319 e. The summed E-state index contributed by atoms with van der Waals surface area (Å²) in [5, 5.41) is 6.41. The second kappa shape index (κ2) is 9.40. The smallest absolute Gasteiger partial charge is 0.319 e. The maximum absolute atomic E-state index is 14.6. The first-order valence-electron chi connectivity index (χ1n) is 15.8. The van der Waals surface area contributed by atoms with Crippen molar-refractivity contribution in [1.29, 1.82) is 0 Å². The quantitative estimate of drug-likeness (QED) is 0.348. The summed E-state index contributed by atoms with van der Waals surface area (Å²) in [6.45, 7) is 23.0. The molecule has 6 rings (SSSR count). The van der Waals surface area contributed by atoms with Crippen LogP contribution in [-0.2, 0) is 9.59 Å². The zero-order valence-corrected chi connectivity index (χ0v) is 26.7. The molecule has 5 aliphatic carbocycles. The molecule has 226 valence electrons. The molecule has 0 spiro atoms. The minimum absolute atomic E-state index is 0.0114. The Morgan fingerprint density at radius 3 is 2.26 bits per heavy atom. The van der Waals surface area contributed by atoms with E-state index in [0.717, 1.165) is 68.0 Å². The average Bonchev–Trinajstić information content (AvgIpc) is 2.93. The molecule has 43 heavy (non-hydrogen) atoms. The van der Waals surface area contributed by atoms with Crippen molar-refractivity contribution in [3.05, 3.63) is 77.0 Å². The number of nitrogens with one attached hydrogen (secondary N) is 2. The standard InChI is InChI=1S/C37H45N3O3/c1-32(2)16-18-37(40-31(43)39-23-12-10-9-11-13-23)19-17-36(7)29(24(37)21-32)26(41)20-28-34(5)22-25(38-8)30(42)33(3,4)27(34)14-15-35(28,36)6/h9-13,20,22,27H,14-19,21H2,1-7H3,(H2,39,40,43)/t27-,34-,35+,36+,37-/m0/s1. The van der Waals surface area contributed by atoms with Crippen molar-refractivity contribution in [2.45, 2.75) is 99.0 Å². The maximum atomic E-state index is 14.6. The Labute approximate surface area is 257 Å². The third-order valence-corrected chi connectivity index (χ3v) is 12.6. The average molecular weight is 580 g/mol. The van der Waals surface area contributed by atoms with Gasteiger partial charge in [-0.2, -0.15) is 0 Å². The van der Waals surface area contributed by atoms with Gasteiger partial charge in [-0.3, -0.25) is 4.79 Å². The van der Waals surface area contributed by atoms with Crippen molar-refractivity contribution in [3.63, 3.8) is 0 Å². The Kier molecular flexibility index (Phi) is 6.53. The van der Waals surface area contributed by atoms with Crippen molar-refractivity contribution >= 4 is 23.3 Å². The first-order valence-corrected chi connectivity index (χ1v) is 15.8. The number of anilines is 1. The number of benzene rings is 1. The fourth-order valence-corrected chi connectivity index (χ4v) is 9.99. The van der Waals surface area contributed by atoms with Crippen molar-refractivity contribution in [2.75, 3.05) is 5.32 Å². The molecule has 0 aliphatic heterocycles. The van der Waals surface area contributed by atoms with E-state index in [-0.39, 0.29) is 40.0 Å². The van der Waals surface area contributed by atoms with Crippen molar-refractivity contribution in [3.8, 4) is 0 Å². The van der Waals surface area contributed by atoms with Crippen LogP contribution < -0.4 is 10.6 Å². The topological polar surface area (TPSA) is 79.6 Å². The number of allylic oxidation sites excluding steroid dienone is 4. The Morgan fingerprint density at radius 2 is 1.58 bits per heavy atom. The van der Waals surface area contributed by atoms with E-state index in [0.29, 0.717) is 0 Å². The van der Waals surface area contributed by atoms with Crippen molar-refractivity contribution in [1.82, 2.24) is 5.32 Å². The number of Topliss-reactive ketones (excluding diaryl/α,β-unsaturated/α-hetero) is 1. The van der Waals surface area contributed by atoms with Crippen LogP contribution in [0.1, 0.15) is 93.4 Å². The predicted molar refractivity (Wildman–Crippen MR) is 168 cm³/mol. The van der Waals surface area contributed by atoms with Crippen LogP contribution in [0.2, 0.25) is 0 Å². The van der Waals surface area contributed by atoms with Crippen molar-refractivity contribution < 1.29 is 14.4 Å². The number of carbonyl (C=O) groups excluding carboxylic acids is 3. The summed E-state index contributed by atoms with van der Waals surface area (Å²) in [5.74, 6) is 1.96. The van der Waals surface area contributed by atoms with E-state index >= 15 is 0 Å². The zero-order chi connectivity index (χ0) is 31.2. The lowest BCUT2D eigenvalue weighted by molar-refractivity contribution is -0.133. The summed E-state index contributed by atoms with van der Waals surface area (Å²) < 4.78 is 0. The highest BCUT2D eigenvalue weighted by Crippen LogP contribution is 2.74. The van der Waals surface area contributed by atoms with Crippen LogP contribution in [0.25, 0.3) is 4.85 Å². The molecule has 1 aromatic carbocycles. The van der Waals surface area contributed by atoms with E-state index in [9.17, 15) is 14.4 Å². The summed E-state index contributed by atoms with van der Waals surface area (Å²) in [6, 6.07) is 9.23. The van der Waals surface area contributed by atoms with Crippen LogP contribution in [0, 0.1) is 51.4 Å². The van der Waals surface area contributed by atoms with Gasteiger partial charge in [-0.15, -0.1) is 0 Å². The van der Waals surface area contributed by atoms with E-state index in [1.54, 1.807) is 0 Å². The van der Waals surface area contributed by atoms with Gasteiger partial charge >= 0.3 is 6.03 Å². The Hall–Kier alpha value is -3.20. The molecule has 2 N–H and O–H groups in total. The molecule has 3 fully saturated rings. The Bertz CT molecular complexity index is 1500. The fraction of sp³-hybridized carbons (Fsp3) is 0.568. The fourth-order valence-electron chi connectivity index (χ4n) is 9.99. The third kappa shape index (κ3) is 4.13. The second-order valence-electron chi connectivity index (χ2n) is 15.9. The molecule has 6 heteroatoms. The van der Waals surface area contributed by atoms with Crippen LogP contribution in [0.3, 0.4) is 0 Å². The van der Waals surface area contributed by atoms with Crippen LogP contribution in [0.4, 0.5) is 10.5 Å². The van der Waals surface area contributed by atoms with Crippen molar-refractivity contribution in [2.24, 2.45) is 33.0 Å². The van der Waals surface area contributed by atoms with Gasteiger partial charge < -0.3 is 15.4 Å². The number of carbonyl (C=O) groups is 3. The molecule has 1 aromatic rings. The number of amides is 2. The number of urea groups is 1. The lowest BCUT2D eigenvalue weighted by atomic mass is 9.35. The zero-order valence-electron chi connectivity index (χ0n) is 26.7. The molecule has 2 amide bonds. The first-order chi connectivity index (χ1) is 20.0. The molecule has 0 unspecified atom stereocenters. The highest BCUT2D eigenvalue weighted by molar-refractivity contribution is 6.08. The minimum atomic E-state index is -0.681. The summed E-state index contributed by atoms with van der Waals surface area (Å²) in [6.07, 6.45) is 9.56. The summed E-state index contributed by atoms with van der Waals surface area (Å²) >= 11 is 0. The van der Waals surface area contributed by atoms with Gasteiger partial charge in [0, 0.05) is 28.0 Å². The van der Waals surface area contributed by atoms with Gasteiger partial charge in [0.1, 0.15) is 0 Å². The van der Waals surface area contributed by atoms with E-state index < -0.39 is 21.8 Å². The van der Waals surface area contributed by atoms with E-state index in [4.69, 9.17) is 6.57 Å². The molecule has 3 saturated carbocycles. The Balaban J connectivity index is 1.43. The number of nitrogens with zero attached hydrogens (tertiary/aromatic N) is 1. The van der Waals surface area contributed by atoms with Gasteiger partial charge in [0.05, 0.1) is 12.5 Å². The van der Waals surface area contributed by atoms with E-state index in [1.807, 2.05) is 56.3 Å². The van der Waals surface area contributed by atoms with Gasteiger partial charge in [-0.1, -0.05) is 78.3 Å². The summed E-state index contributed by atoms with van der Waals surface area (Å²) in [5.41, 5.74) is -0.546. The molecule has 2 radical (unpaired) electrons. The SMILES string of the molecule is [C-]#[N+]C1=C[C@]2(C)C3=CC(=O)[C]4[C]5CC(C)(C)CC[C@]5(NC(=O)Nc5ccccc5)CC[C@@]4(C)[C@]3(C)CC[C@H]2C(C)(C)C1=O. The molecule has 0 bridgehead atoms. The van der Waals surface area contributed by atoms with E-state index in [1.165, 1.54) is 0 Å². The van der Waals surface area contributed by atoms with Crippen LogP contribution in [0.5, 0.6) is 0 Å². The lowest BCUT2D eigenvalue weighted by Gasteiger charge is -2.68. The number of fused-ring (bicyclic) bond motifs is 7. The molecule has 5 atom stereocenters. The predicted octanol–water partition coefficient (Wildman–Crippen LogP) is 8.05. The van der Waals surface area contributed by atoms with Gasteiger partial charge in [0.25, 0.3) is 0 Å². The summed E-state index contributed by atoms with van der Waals surface area (Å²) in [7, 11) is 0. The number of ketones is 2. The first kappa shape index (κ1) is 29.9.